The van der Waals surface area contributed by atoms with Crippen LogP contribution in [0.2, 0.25) is 0 Å². The van der Waals surface area contributed by atoms with Crippen molar-refractivity contribution in [1.29, 1.82) is 0 Å². The van der Waals surface area contributed by atoms with E-state index in [2.05, 4.69) is 4.99 Å². The van der Waals surface area contributed by atoms with E-state index in [9.17, 15) is 35.4 Å². The molecular weight excluding hydrogens is 330 g/mol. The molecule has 6 N–H and O–H groups in total. The summed E-state index contributed by atoms with van der Waals surface area (Å²) in [6, 6.07) is 4.94. The molecule has 0 amide bonds. The highest BCUT2D eigenvalue weighted by Gasteiger charge is 2.22. The Bertz CT molecular complexity index is 845. The summed E-state index contributed by atoms with van der Waals surface area (Å²) in [5, 5.41) is 57.1. The second-order valence-electron chi connectivity index (χ2n) is 5.42. The number of hydrogen-bond donors (Lipinski definition) is 6. The van der Waals surface area contributed by atoms with Gasteiger partial charge in [-0.2, -0.15) is 0 Å². The van der Waals surface area contributed by atoms with Crippen LogP contribution >= 0.6 is 0 Å². The molecular formula is C17H17NO7. The number of nitrogens with zero attached hydrogens (tertiary/aromatic N) is 1. The Morgan fingerprint density at radius 2 is 1.68 bits per heavy atom. The highest BCUT2D eigenvalue weighted by Crippen LogP contribution is 2.37. The van der Waals surface area contributed by atoms with E-state index in [-0.39, 0.29) is 34.8 Å². The summed E-state index contributed by atoms with van der Waals surface area (Å²) >= 11 is 0. The van der Waals surface area contributed by atoms with Gasteiger partial charge >= 0.3 is 5.97 Å². The first-order valence-corrected chi connectivity index (χ1v) is 7.23. The zero-order chi connectivity index (χ0) is 18.7. The normalized spacial score (nSPS) is 12.8. The van der Waals surface area contributed by atoms with Crippen LogP contribution in [-0.4, -0.2) is 48.4 Å². The van der Waals surface area contributed by atoms with Gasteiger partial charge in [0.05, 0.1) is 0 Å². The number of aliphatic imine (C=N–C) groups is 1. The van der Waals surface area contributed by atoms with Gasteiger partial charge in [-0.1, -0.05) is 6.07 Å². The molecule has 0 spiro atoms. The number of phenols is 5. The minimum absolute atomic E-state index is 0.0918. The van der Waals surface area contributed by atoms with Gasteiger partial charge in [0.2, 0.25) is 5.75 Å². The van der Waals surface area contributed by atoms with Crippen molar-refractivity contribution in [2.24, 2.45) is 4.99 Å². The molecule has 25 heavy (non-hydrogen) atoms. The number of benzene rings is 2. The van der Waals surface area contributed by atoms with Crippen LogP contribution in [0.25, 0.3) is 0 Å². The molecule has 0 saturated carbocycles. The van der Waals surface area contributed by atoms with E-state index in [1.165, 1.54) is 25.1 Å². The summed E-state index contributed by atoms with van der Waals surface area (Å²) < 4.78 is 0. The molecule has 0 aromatic heterocycles. The Morgan fingerprint density at radius 1 is 1.00 bits per heavy atom. The van der Waals surface area contributed by atoms with Crippen LogP contribution < -0.4 is 0 Å². The molecule has 132 valence electrons. The van der Waals surface area contributed by atoms with Crippen molar-refractivity contribution in [3.8, 4) is 28.7 Å². The van der Waals surface area contributed by atoms with Crippen molar-refractivity contribution in [3.05, 3.63) is 41.5 Å². The summed E-state index contributed by atoms with van der Waals surface area (Å²) in [5.41, 5.74) is 0.559. The molecule has 0 saturated heterocycles. The second kappa shape index (κ2) is 7.00. The third kappa shape index (κ3) is 3.92. The number of hydrogen-bond acceptors (Lipinski definition) is 7. The second-order valence-corrected chi connectivity index (χ2v) is 5.42. The highest BCUT2D eigenvalue weighted by atomic mass is 16.4. The van der Waals surface area contributed by atoms with Gasteiger partial charge in [0.25, 0.3) is 0 Å². The maximum Gasteiger partial charge on any atom is 0.328 e. The molecule has 0 heterocycles. The predicted molar refractivity (Wildman–Crippen MR) is 88.5 cm³/mol. The molecule has 0 aliphatic rings. The van der Waals surface area contributed by atoms with Crippen molar-refractivity contribution in [2.45, 2.75) is 19.4 Å². The fourth-order valence-electron chi connectivity index (χ4n) is 2.30. The van der Waals surface area contributed by atoms with Crippen LogP contribution in [0.5, 0.6) is 28.7 Å². The number of carboxylic acids is 1. The van der Waals surface area contributed by atoms with E-state index >= 15 is 0 Å². The lowest BCUT2D eigenvalue weighted by molar-refractivity contribution is -0.138. The molecule has 2 aromatic rings. The molecule has 2 rings (SSSR count). The summed E-state index contributed by atoms with van der Waals surface area (Å²) in [5.74, 6) is -3.56. The van der Waals surface area contributed by atoms with Crippen LogP contribution in [-0.2, 0) is 11.2 Å². The van der Waals surface area contributed by atoms with Gasteiger partial charge < -0.3 is 30.6 Å². The van der Waals surface area contributed by atoms with Gasteiger partial charge in [0.15, 0.2) is 17.5 Å². The van der Waals surface area contributed by atoms with E-state index in [1.54, 1.807) is 0 Å². The lowest BCUT2D eigenvalue weighted by Gasteiger charge is -2.13. The number of phenolic OH excluding ortho intramolecular Hbond substituents is 5. The lowest BCUT2D eigenvalue weighted by Crippen LogP contribution is -2.22. The molecule has 8 nitrogen and oxygen atoms in total. The maximum absolute atomic E-state index is 11.5. The SMILES string of the molecule is CC(=NC(Cc1ccc(O)c(O)c1O)C(=O)O)c1ccc(O)cc1O. The number of carboxylic acid groups (broad SMARTS) is 1. The van der Waals surface area contributed by atoms with Crippen molar-refractivity contribution in [1.82, 2.24) is 0 Å². The zero-order valence-corrected chi connectivity index (χ0v) is 13.2. The van der Waals surface area contributed by atoms with E-state index in [4.69, 9.17) is 0 Å². The van der Waals surface area contributed by atoms with Gasteiger partial charge in [-0.3, -0.25) is 4.99 Å². The van der Waals surface area contributed by atoms with Gasteiger partial charge in [-0.15, -0.1) is 0 Å². The molecule has 1 unspecified atom stereocenters. The van der Waals surface area contributed by atoms with E-state index in [0.717, 1.165) is 12.1 Å². The predicted octanol–water partition coefficient (Wildman–Crippen LogP) is 1.72. The Kier molecular flexibility index (Phi) is 5.02. The van der Waals surface area contributed by atoms with E-state index in [0.29, 0.717) is 0 Å². The van der Waals surface area contributed by atoms with Crippen LogP contribution in [0.1, 0.15) is 18.1 Å². The van der Waals surface area contributed by atoms with Crippen molar-refractivity contribution < 1.29 is 35.4 Å². The minimum Gasteiger partial charge on any atom is -0.508 e. The standard InChI is InChI=1S/C17H17NO7/c1-8(11-4-3-10(19)7-14(11)21)18-12(17(24)25)6-9-2-5-13(20)16(23)15(9)22/h2-5,7,12,19-23H,6H2,1H3,(H,24,25). The fraction of sp³-hybridized carbons (Fsp3) is 0.176. The summed E-state index contributed by atoms with van der Waals surface area (Å²) in [7, 11) is 0. The molecule has 0 fully saturated rings. The fourth-order valence-corrected chi connectivity index (χ4v) is 2.30. The van der Waals surface area contributed by atoms with Crippen molar-refractivity contribution >= 4 is 11.7 Å². The van der Waals surface area contributed by atoms with Crippen molar-refractivity contribution in [2.75, 3.05) is 0 Å². The van der Waals surface area contributed by atoms with E-state index in [1.807, 2.05) is 0 Å². The van der Waals surface area contributed by atoms with Crippen molar-refractivity contribution in [3.63, 3.8) is 0 Å². The summed E-state index contributed by atoms with van der Waals surface area (Å²) in [6.45, 7) is 1.50. The van der Waals surface area contributed by atoms with Gasteiger partial charge in [0, 0.05) is 29.3 Å². The number of carbonyl (C=O) groups is 1. The minimum atomic E-state index is -1.30. The van der Waals surface area contributed by atoms with Crippen LogP contribution in [0.15, 0.2) is 35.3 Å². The Labute approximate surface area is 142 Å². The first kappa shape index (κ1) is 17.9. The molecule has 2 aromatic carbocycles. The molecule has 0 aliphatic heterocycles. The number of aliphatic carboxylic acids is 1. The third-order valence-electron chi connectivity index (χ3n) is 3.63. The third-order valence-corrected chi connectivity index (χ3v) is 3.63. The monoisotopic (exact) mass is 347 g/mol. The summed E-state index contributed by atoms with van der Waals surface area (Å²) in [6.07, 6.45) is -0.245. The number of aromatic hydroxyl groups is 5. The zero-order valence-electron chi connectivity index (χ0n) is 13.2. The molecule has 0 aliphatic carbocycles. The first-order chi connectivity index (χ1) is 11.7. The average Bonchev–Trinajstić information content (AvgIpc) is 2.54. The summed E-state index contributed by atoms with van der Waals surface area (Å²) in [4.78, 5) is 15.5. The highest BCUT2D eigenvalue weighted by molar-refractivity contribution is 6.02. The smallest absolute Gasteiger partial charge is 0.328 e. The molecule has 8 heteroatoms. The van der Waals surface area contributed by atoms with Gasteiger partial charge in [-0.05, 0) is 25.1 Å². The van der Waals surface area contributed by atoms with Gasteiger partial charge in [-0.25, -0.2) is 4.79 Å². The first-order valence-electron chi connectivity index (χ1n) is 7.23. The molecule has 0 radical (unpaired) electrons. The average molecular weight is 347 g/mol. The van der Waals surface area contributed by atoms with Gasteiger partial charge in [0.1, 0.15) is 11.5 Å². The quantitative estimate of drug-likeness (QED) is 0.356. The molecule has 0 bridgehead atoms. The van der Waals surface area contributed by atoms with Crippen LogP contribution in [0, 0.1) is 0 Å². The molecule has 1 atom stereocenters. The topological polar surface area (TPSA) is 151 Å². The largest absolute Gasteiger partial charge is 0.508 e. The maximum atomic E-state index is 11.5. The van der Waals surface area contributed by atoms with E-state index < -0.39 is 29.3 Å². The Balaban J connectivity index is 2.35. The number of rotatable bonds is 5. The Morgan fingerprint density at radius 3 is 2.28 bits per heavy atom. The lowest BCUT2D eigenvalue weighted by atomic mass is 10.0. The Hall–Kier alpha value is -3.42. The van der Waals surface area contributed by atoms with Crippen LogP contribution in [0.3, 0.4) is 0 Å². The van der Waals surface area contributed by atoms with Crippen LogP contribution in [0.4, 0.5) is 0 Å².